The van der Waals surface area contributed by atoms with Gasteiger partial charge >= 0.3 is 0 Å². The molecule has 1 aromatic carbocycles. The lowest BCUT2D eigenvalue weighted by molar-refractivity contribution is -0.111. The molecule has 0 aliphatic heterocycles. The van der Waals surface area contributed by atoms with Gasteiger partial charge in [-0.1, -0.05) is 19.6 Å². The quantitative estimate of drug-likeness (QED) is 0.790. The standard InChI is InChI=1S/C16H19N5O2/c1-4-14(22)19-13-7-5-6-12(8-13)16(23)17-9-11(2)15-20-18-10-21(15)3/h4-8,10-11H,1,9H2,2-3H3,(H,17,23)(H,19,22). The normalized spacial score (nSPS) is 11.6. The Bertz CT molecular complexity index is 723. The molecule has 7 nitrogen and oxygen atoms in total. The van der Waals surface area contributed by atoms with E-state index in [4.69, 9.17) is 0 Å². The highest BCUT2D eigenvalue weighted by Gasteiger charge is 2.13. The summed E-state index contributed by atoms with van der Waals surface area (Å²) in [6.45, 7) is 5.79. The molecule has 23 heavy (non-hydrogen) atoms. The first-order valence-corrected chi connectivity index (χ1v) is 7.17. The van der Waals surface area contributed by atoms with E-state index in [0.717, 1.165) is 5.82 Å². The molecule has 0 saturated heterocycles. The predicted molar refractivity (Wildman–Crippen MR) is 87.0 cm³/mol. The molecule has 2 N–H and O–H groups in total. The van der Waals surface area contributed by atoms with E-state index in [9.17, 15) is 9.59 Å². The van der Waals surface area contributed by atoms with E-state index in [1.54, 1.807) is 30.6 Å². The van der Waals surface area contributed by atoms with E-state index in [-0.39, 0.29) is 17.7 Å². The molecule has 2 amide bonds. The van der Waals surface area contributed by atoms with Gasteiger partial charge in [0, 0.05) is 30.8 Å². The maximum absolute atomic E-state index is 12.2. The third-order valence-electron chi connectivity index (χ3n) is 3.33. The minimum atomic E-state index is -0.321. The van der Waals surface area contributed by atoms with Crippen LogP contribution in [0.25, 0.3) is 0 Å². The lowest BCUT2D eigenvalue weighted by Crippen LogP contribution is -2.28. The van der Waals surface area contributed by atoms with Crippen LogP contribution in [0.2, 0.25) is 0 Å². The van der Waals surface area contributed by atoms with Crippen LogP contribution in [-0.2, 0) is 11.8 Å². The Hall–Kier alpha value is -2.96. The number of hydrogen-bond donors (Lipinski definition) is 2. The summed E-state index contributed by atoms with van der Waals surface area (Å²) >= 11 is 0. The number of amides is 2. The van der Waals surface area contributed by atoms with Gasteiger partial charge in [0.15, 0.2) is 0 Å². The summed E-state index contributed by atoms with van der Waals surface area (Å²) in [5, 5.41) is 13.3. The molecule has 0 radical (unpaired) electrons. The van der Waals surface area contributed by atoms with E-state index in [0.29, 0.717) is 17.8 Å². The van der Waals surface area contributed by atoms with E-state index in [1.165, 1.54) is 6.08 Å². The van der Waals surface area contributed by atoms with Crippen LogP contribution >= 0.6 is 0 Å². The summed E-state index contributed by atoms with van der Waals surface area (Å²) in [6, 6.07) is 6.72. The molecular weight excluding hydrogens is 294 g/mol. The monoisotopic (exact) mass is 313 g/mol. The Labute approximate surface area is 134 Å². The summed E-state index contributed by atoms with van der Waals surface area (Å²) in [7, 11) is 1.86. The van der Waals surface area contributed by atoms with Gasteiger partial charge in [-0.15, -0.1) is 10.2 Å². The number of nitrogens with zero attached hydrogens (tertiary/aromatic N) is 3. The fourth-order valence-corrected chi connectivity index (χ4v) is 2.11. The zero-order chi connectivity index (χ0) is 16.8. The molecule has 0 saturated carbocycles. The van der Waals surface area contributed by atoms with Crippen molar-refractivity contribution in [3.8, 4) is 0 Å². The number of hydrogen-bond acceptors (Lipinski definition) is 4. The van der Waals surface area contributed by atoms with Crippen LogP contribution in [0, 0.1) is 0 Å². The summed E-state index contributed by atoms with van der Waals surface area (Å²) in [5.74, 6) is 0.305. The van der Waals surface area contributed by atoms with Gasteiger partial charge in [0.1, 0.15) is 12.2 Å². The molecule has 0 bridgehead atoms. The molecule has 2 rings (SSSR count). The Balaban J connectivity index is 1.98. The van der Waals surface area contributed by atoms with Crippen molar-refractivity contribution in [2.75, 3.05) is 11.9 Å². The van der Waals surface area contributed by atoms with Crippen molar-refractivity contribution in [2.24, 2.45) is 7.05 Å². The second kappa shape index (κ2) is 7.35. The minimum Gasteiger partial charge on any atom is -0.351 e. The average molecular weight is 313 g/mol. The topological polar surface area (TPSA) is 88.9 Å². The van der Waals surface area contributed by atoms with Crippen LogP contribution in [-0.4, -0.2) is 33.1 Å². The Morgan fingerprint density at radius 2 is 2.22 bits per heavy atom. The van der Waals surface area contributed by atoms with Crippen LogP contribution < -0.4 is 10.6 Å². The molecule has 0 fully saturated rings. The summed E-state index contributed by atoms with van der Waals surface area (Å²) in [4.78, 5) is 23.5. The molecule has 1 heterocycles. The van der Waals surface area contributed by atoms with Crippen LogP contribution in [0.15, 0.2) is 43.2 Å². The first-order chi connectivity index (χ1) is 11.0. The van der Waals surface area contributed by atoms with Crippen LogP contribution in [0.4, 0.5) is 5.69 Å². The van der Waals surface area contributed by atoms with Crippen LogP contribution in [0.3, 0.4) is 0 Å². The zero-order valence-corrected chi connectivity index (χ0v) is 13.1. The van der Waals surface area contributed by atoms with E-state index >= 15 is 0 Å². The van der Waals surface area contributed by atoms with Gasteiger partial charge in [0.2, 0.25) is 5.91 Å². The molecule has 1 aromatic heterocycles. The van der Waals surface area contributed by atoms with Crippen molar-refractivity contribution in [3.05, 3.63) is 54.6 Å². The minimum absolute atomic E-state index is 0.0371. The van der Waals surface area contributed by atoms with Gasteiger partial charge in [0.05, 0.1) is 0 Å². The molecule has 120 valence electrons. The fourth-order valence-electron chi connectivity index (χ4n) is 2.11. The highest BCUT2D eigenvalue weighted by atomic mass is 16.2. The molecular formula is C16H19N5O2. The molecule has 0 aliphatic carbocycles. The molecule has 7 heteroatoms. The number of benzene rings is 1. The molecule has 0 spiro atoms. The Kier molecular flexibility index (Phi) is 5.24. The number of nitrogens with one attached hydrogen (secondary N) is 2. The van der Waals surface area contributed by atoms with Gasteiger partial charge in [-0.25, -0.2) is 0 Å². The first-order valence-electron chi connectivity index (χ1n) is 7.17. The second-order valence-corrected chi connectivity index (χ2v) is 5.19. The van der Waals surface area contributed by atoms with Gasteiger partial charge in [-0.05, 0) is 24.3 Å². The average Bonchev–Trinajstić information content (AvgIpc) is 2.98. The smallest absolute Gasteiger partial charge is 0.251 e. The van der Waals surface area contributed by atoms with Crippen molar-refractivity contribution in [1.29, 1.82) is 0 Å². The fraction of sp³-hybridized carbons (Fsp3) is 0.250. The predicted octanol–water partition coefficient (Wildman–Crippen LogP) is 1.47. The number of anilines is 1. The van der Waals surface area contributed by atoms with Gasteiger partial charge in [-0.2, -0.15) is 0 Å². The molecule has 1 unspecified atom stereocenters. The number of carbonyl (C=O) groups is 2. The molecule has 2 aromatic rings. The summed E-state index contributed by atoms with van der Waals surface area (Å²) < 4.78 is 1.82. The van der Waals surface area contributed by atoms with Gasteiger partial charge < -0.3 is 15.2 Å². The SMILES string of the molecule is C=CC(=O)Nc1cccc(C(=O)NCC(C)c2nncn2C)c1. The van der Waals surface area contributed by atoms with Crippen LogP contribution in [0.5, 0.6) is 0 Å². The Morgan fingerprint density at radius 1 is 1.43 bits per heavy atom. The lowest BCUT2D eigenvalue weighted by atomic mass is 10.1. The number of rotatable bonds is 6. The third-order valence-corrected chi connectivity index (χ3v) is 3.33. The highest BCUT2D eigenvalue weighted by Crippen LogP contribution is 2.12. The summed E-state index contributed by atoms with van der Waals surface area (Å²) in [6.07, 6.45) is 2.80. The maximum atomic E-state index is 12.2. The van der Waals surface area contributed by atoms with E-state index < -0.39 is 0 Å². The number of carbonyl (C=O) groups excluding carboxylic acids is 2. The van der Waals surface area contributed by atoms with Crippen molar-refractivity contribution >= 4 is 17.5 Å². The summed E-state index contributed by atoms with van der Waals surface area (Å²) in [5.41, 5.74) is 1.01. The van der Waals surface area contributed by atoms with Crippen molar-refractivity contribution in [3.63, 3.8) is 0 Å². The third kappa shape index (κ3) is 4.26. The largest absolute Gasteiger partial charge is 0.351 e. The zero-order valence-electron chi connectivity index (χ0n) is 13.1. The second-order valence-electron chi connectivity index (χ2n) is 5.19. The van der Waals surface area contributed by atoms with E-state index in [1.807, 2.05) is 18.5 Å². The lowest BCUT2D eigenvalue weighted by Gasteiger charge is -2.12. The Morgan fingerprint density at radius 3 is 2.87 bits per heavy atom. The van der Waals surface area contributed by atoms with Crippen molar-refractivity contribution in [2.45, 2.75) is 12.8 Å². The number of aryl methyl sites for hydroxylation is 1. The van der Waals surface area contributed by atoms with E-state index in [2.05, 4.69) is 27.4 Å². The van der Waals surface area contributed by atoms with Crippen molar-refractivity contribution in [1.82, 2.24) is 20.1 Å². The van der Waals surface area contributed by atoms with Crippen molar-refractivity contribution < 1.29 is 9.59 Å². The molecule has 1 atom stereocenters. The van der Waals surface area contributed by atoms with Gasteiger partial charge in [0.25, 0.3) is 5.91 Å². The highest BCUT2D eigenvalue weighted by molar-refractivity contribution is 6.00. The van der Waals surface area contributed by atoms with Crippen LogP contribution in [0.1, 0.15) is 29.0 Å². The maximum Gasteiger partial charge on any atom is 0.251 e. The first kappa shape index (κ1) is 16.4. The van der Waals surface area contributed by atoms with Gasteiger partial charge in [-0.3, -0.25) is 9.59 Å². The number of aromatic nitrogens is 3. The molecule has 0 aliphatic rings.